The molecule has 6 nitrogen and oxygen atoms in total. The van der Waals surface area contributed by atoms with Gasteiger partial charge in [0.05, 0.1) is 0 Å². The lowest BCUT2D eigenvalue weighted by molar-refractivity contribution is -0.152. The fourth-order valence-corrected chi connectivity index (χ4v) is 1.78. The molecule has 0 aromatic heterocycles. The number of hydrogen-bond acceptors (Lipinski definition) is 5. The number of nitrogens with zero attached hydrogens (tertiary/aromatic N) is 1. The normalized spacial score (nSPS) is 27.3. The topological polar surface area (TPSA) is 72.9 Å². The van der Waals surface area contributed by atoms with Crippen LogP contribution >= 0.6 is 0 Å². The molecule has 0 saturated carbocycles. The van der Waals surface area contributed by atoms with Gasteiger partial charge in [-0.25, -0.2) is 0 Å². The third-order valence-corrected chi connectivity index (χ3v) is 2.52. The number of carbonyl (C=O) groups excluding carboxylic acids is 3. The molecule has 3 atom stereocenters. The maximum Gasteiger partial charge on any atom is 0.302 e. The van der Waals surface area contributed by atoms with Gasteiger partial charge in [0.2, 0.25) is 5.91 Å². The Morgan fingerprint density at radius 2 is 2.11 bits per heavy atom. The number of carbonyl (C=O) groups is 3. The van der Waals surface area contributed by atoms with Crippen LogP contribution in [0.1, 0.15) is 21.6 Å². The van der Waals surface area contributed by atoms with Gasteiger partial charge in [0.25, 0.3) is 0 Å². The maximum absolute atomic E-state index is 11.7. The van der Waals surface area contributed by atoms with Gasteiger partial charge in [-0.3, -0.25) is 14.4 Å². The van der Waals surface area contributed by atoms with Crippen LogP contribution in [0.5, 0.6) is 0 Å². The molecule has 0 spiro atoms. The Bertz CT molecular complexity index is 398. The first kappa shape index (κ1) is 12.6. The highest BCUT2D eigenvalue weighted by molar-refractivity contribution is 5.87. The Kier molecular flexibility index (Phi) is 4.33. The molecule has 1 amide bonds. The summed E-state index contributed by atoms with van der Waals surface area (Å²) in [6.07, 6.45) is 0.618. The second kappa shape index (κ2) is 6.18. The van der Waals surface area contributed by atoms with Gasteiger partial charge >= 0.3 is 11.9 Å². The van der Waals surface area contributed by atoms with Gasteiger partial charge in [-0.05, 0) is 6.08 Å². The molecule has 0 radical (unpaired) electrons. The predicted octanol–water partition coefficient (Wildman–Crippen LogP) is 0.268. The lowest BCUT2D eigenvalue weighted by Gasteiger charge is -2.26. The molecular formula is C12H17NO5. The fourth-order valence-electron chi connectivity index (χ4n) is 1.78. The van der Waals surface area contributed by atoms with Gasteiger partial charge in [0.1, 0.15) is 18.8 Å². The van der Waals surface area contributed by atoms with Crippen molar-refractivity contribution in [3.8, 4) is 0 Å². The Morgan fingerprint density at radius 1 is 1.44 bits per heavy atom. The smallest absolute Gasteiger partial charge is 0.302 e. The zero-order valence-corrected chi connectivity index (χ0v) is 10.4. The molecule has 0 N–H and O–H groups in total. The van der Waals surface area contributed by atoms with Gasteiger partial charge in [0.15, 0.2) is 0 Å². The number of rotatable bonds is 4. The van der Waals surface area contributed by atoms with Crippen molar-refractivity contribution in [3.05, 3.63) is 12.7 Å². The molecule has 1 fully saturated rings. The van der Waals surface area contributed by atoms with Crippen molar-refractivity contribution in [3.63, 3.8) is 0 Å². The van der Waals surface area contributed by atoms with E-state index in [0.29, 0.717) is 0 Å². The monoisotopic (exact) mass is 257 g/mol. The number of ether oxygens (including phenoxy) is 2. The summed E-state index contributed by atoms with van der Waals surface area (Å²) in [7, 11) is 0. The summed E-state index contributed by atoms with van der Waals surface area (Å²) in [5.41, 5.74) is 0. The van der Waals surface area contributed by atoms with Crippen LogP contribution in [0.3, 0.4) is 0 Å². The summed E-state index contributed by atoms with van der Waals surface area (Å²) < 4.78 is 17.8. The molecule has 1 rings (SSSR count). The van der Waals surface area contributed by atoms with Crippen molar-refractivity contribution in [1.29, 1.82) is 0 Å². The minimum Gasteiger partial charge on any atom is -0.464 e. The molecule has 0 unspecified atom stereocenters. The van der Waals surface area contributed by atoms with Crippen LogP contribution in [0, 0.1) is 0 Å². The van der Waals surface area contributed by atoms with Crippen LogP contribution in [0.25, 0.3) is 0 Å². The van der Waals surface area contributed by atoms with E-state index >= 15 is 0 Å². The van der Waals surface area contributed by atoms with Gasteiger partial charge in [-0.1, -0.05) is 6.58 Å². The first-order valence-corrected chi connectivity index (χ1v) is 5.54. The van der Waals surface area contributed by atoms with Crippen molar-refractivity contribution in [2.24, 2.45) is 0 Å². The fraction of sp³-hybridized carbons (Fsp3) is 0.583. The SMILES string of the molecule is [3H][C@H]1C[C@H](OC(C)=O)[C@@H](COC(C)=O)N1C(=O)C=C. The van der Waals surface area contributed by atoms with E-state index in [9.17, 15) is 14.4 Å². The average molecular weight is 257 g/mol. The van der Waals surface area contributed by atoms with Crippen LogP contribution < -0.4 is 0 Å². The zero-order chi connectivity index (χ0) is 14.6. The molecule has 1 aliphatic heterocycles. The molecule has 1 aliphatic rings. The van der Waals surface area contributed by atoms with E-state index < -0.39 is 36.5 Å². The number of esters is 2. The molecule has 6 heteroatoms. The molecule has 100 valence electrons. The van der Waals surface area contributed by atoms with Crippen molar-refractivity contribution in [2.45, 2.75) is 32.4 Å². The minimum absolute atomic E-state index is 0.109. The average Bonchev–Trinajstić information content (AvgIpc) is 2.60. The second-order valence-corrected chi connectivity index (χ2v) is 3.89. The van der Waals surface area contributed by atoms with Gasteiger partial charge in [-0.15, -0.1) is 0 Å². The van der Waals surface area contributed by atoms with E-state index in [-0.39, 0.29) is 13.0 Å². The summed E-state index contributed by atoms with van der Waals surface area (Å²) in [6.45, 7) is 4.90. The summed E-state index contributed by atoms with van der Waals surface area (Å²) in [6, 6.07) is -0.652. The van der Waals surface area contributed by atoms with Crippen LogP contribution in [0.15, 0.2) is 12.7 Å². The summed E-state index contributed by atoms with van der Waals surface area (Å²) in [5.74, 6) is -1.45. The van der Waals surface area contributed by atoms with Crippen LogP contribution in [-0.4, -0.2) is 48.0 Å². The van der Waals surface area contributed by atoms with E-state index in [1.165, 1.54) is 18.7 Å². The summed E-state index contributed by atoms with van der Waals surface area (Å²) in [4.78, 5) is 34.8. The first-order valence-electron chi connectivity index (χ1n) is 6.12. The van der Waals surface area contributed by atoms with Gasteiger partial charge in [-0.2, -0.15) is 0 Å². The third-order valence-electron chi connectivity index (χ3n) is 2.52. The number of likely N-dealkylation sites (tertiary alicyclic amines) is 1. The van der Waals surface area contributed by atoms with Gasteiger partial charge < -0.3 is 14.4 Å². The van der Waals surface area contributed by atoms with E-state index in [0.717, 1.165) is 6.08 Å². The quantitative estimate of drug-likeness (QED) is 0.534. The highest BCUT2D eigenvalue weighted by Gasteiger charge is 2.38. The maximum atomic E-state index is 11.7. The lowest BCUT2D eigenvalue weighted by atomic mass is 10.2. The molecular weight excluding hydrogens is 238 g/mol. The number of hydrogen-bond donors (Lipinski definition) is 0. The molecule has 0 aliphatic carbocycles. The summed E-state index contributed by atoms with van der Waals surface area (Å²) >= 11 is 0. The Balaban J connectivity index is 2.87. The number of amides is 1. The zero-order valence-electron chi connectivity index (χ0n) is 11.4. The summed E-state index contributed by atoms with van der Waals surface area (Å²) in [5, 5.41) is 0. The van der Waals surface area contributed by atoms with Crippen molar-refractivity contribution >= 4 is 17.8 Å². The standard InChI is InChI=1S/C12H17NO5/c1-4-12(16)13-6-5-11(18-9(3)15)10(13)7-17-8(2)14/h4,10-11H,1,5-7H2,2-3H3/t10-,11+/m1/s1/i6T/t6-,10+,11-/m0. The predicted molar refractivity (Wildman–Crippen MR) is 62.5 cm³/mol. The molecule has 0 aromatic rings. The van der Waals surface area contributed by atoms with Crippen LogP contribution in [-0.2, 0) is 23.9 Å². The Labute approximate surface area is 107 Å². The lowest BCUT2D eigenvalue weighted by Crippen LogP contribution is -2.43. The molecule has 1 saturated heterocycles. The van der Waals surface area contributed by atoms with Crippen LogP contribution in [0.4, 0.5) is 0 Å². The van der Waals surface area contributed by atoms with E-state index in [1.54, 1.807) is 0 Å². The molecule has 1 heterocycles. The molecule has 18 heavy (non-hydrogen) atoms. The van der Waals surface area contributed by atoms with Crippen molar-refractivity contribution in [1.82, 2.24) is 4.90 Å². The largest absolute Gasteiger partial charge is 0.464 e. The van der Waals surface area contributed by atoms with Gasteiger partial charge in [0, 0.05) is 28.2 Å². The van der Waals surface area contributed by atoms with E-state index in [1.807, 2.05) is 0 Å². The first-order chi connectivity index (χ1) is 8.86. The Hall–Kier alpha value is -1.85. The Morgan fingerprint density at radius 3 is 2.61 bits per heavy atom. The van der Waals surface area contributed by atoms with Crippen molar-refractivity contribution < 1.29 is 25.2 Å². The van der Waals surface area contributed by atoms with Crippen molar-refractivity contribution in [2.75, 3.05) is 13.1 Å². The molecule has 0 bridgehead atoms. The van der Waals surface area contributed by atoms with E-state index in [2.05, 4.69) is 6.58 Å². The van der Waals surface area contributed by atoms with Crippen LogP contribution in [0.2, 0.25) is 0 Å². The van der Waals surface area contributed by atoms with E-state index in [4.69, 9.17) is 10.8 Å². The second-order valence-electron chi connectivity index (χ2n) is 3.89. The highest BCUT2D eigenvalue weighted by Crippen LogP contribution is 2.22. The highest BCUT2D eigenvalue weighted by atomic mass is 16.6. The third kappa shape index (κ3) is 3.58. The molecule has 0 aromatic carbocycles. The minimum atomic E-state index is -0.851.